The summed E-state index contributed by atoms with van der Waals surface area (Å²) < 4.78 is 109. The fourth-order valence-electron chi connectivity index (χ4n) is 19.1. The molecule has 14 aliphatic rings. The average molecular weight is 1260 g/mol. The van der Waals surface area contributed by atoms with E-state index in [1.54, 1.807) is 14.2 Å². The van der Waals surface area contributed by atoms with E-state index in [4.69, 9.17) is 75.2 Å². The molecule has 14 rings (SSSR count). The summed E-state index contributed by atoms with van der Waals surface area (Å²) in [6.07, 6.45) is 0.941. The van der Waals surface area contributed by atoms with Crippen LogP contribution in [0.5, 0.6) is 0 Å². The molecule has 0 aromatic carbocycles. The van der Waals surface area contributed by atoms with Gasteiger partial charge in [0.2, 0.25) is 0 Å². The van der Waals surface area contributed by atoms with Gasteiger partial charge in [-0.25, -0.2) is 0 Å². The first-order valence-electron chi connectivity index (χ1n) is 34.2. The summed E-state index contributed by atoms with van der Waals surface area (Å²) in [6.45, 7) is 31.6. The van der Waals surface area contributed by atoms with Crippen molar-refractivity contribution in [3.63, 3.8) is 0 Å². The number of hydrogen-bond donors (Lipinski definition) is 1. The third-order valence-electron chi connectivity index (χ3n) is 23.3. The molecular formula is C68H106O19Si. The standard InChI is InChI=1S/C68H106O19Si/c1-33-21-40-15-17-45-34(2)22-42(75-45)19-20-68-31-54-62(85-68)63-64(82-54)65(86-68)61-46(80-63)18-16-41(78-61)27-56(71)84-60-38(6)59-53(79-52(60)28-47(76-40)37(33)5)29-48(72-13)49(81-59)26-39(69)25-44(70)57(73-14)35(3)23-43-24-36(4)58-51(77-43)30-50-55(83-58)32-74-88(87-50,66(7,8)9)67(10,11)12/h33,35-36,38,40-55,57-65,70H,2,5,15-32H2,1,3-4,6-14H3. The Hall–Kier alpha value is -1.80. The van der Waals surface area contributed by atoms with E-state index in [9.17, 15) is 14.7 Å². The van der Waals surface area contributed by atoms with E-state index in [1.165, 1.54) is 0 Å². The molecule has 0 aliphatic carbocycles. The van der Waals surface area contributed by atoms with Crippen molar-refractivity contribution in [2.24, 2.45) is 23.7 Å². The van der Waals surface area contributed by atoms with Gasteiger partial charge in [-0.2, -0.15) is 0 Å². The SMILES string of the molecule is C=C1CC2CCC34CC5OC6C(OC7CCC(CC(=O)OC8C(CC9OC(CCC1O2)CC(C)C9=C)OC1CC(OC)C(CC(=O)CC(O)C(OC)C(C)CC2CC(C)C9OC%10CO[Si](C(C)(C)C)(C(C)(C)C)OC%10CC9O2)OC1C8C)OC7C6O3)C5O4. The van der Waals surface area contributed by atoms with E-state index in [0.717, 1.165) is 56.1 Å². The van der Waals surface area contributed by atoms with Gasteiger partial charge < -0.3 is 80.3 Å². The van der Waals surface area contributed by atoms with Crippen molar-refractivity contribution < 1.29 is 89.9 Å². The lowest BCUT2D eigenvalue weighted by Gasteiger charge is -2.58. The van der Waals surface area contributed by atoms with Crippen molar-refractivity contribution in [2.45, 2.75) is 347 Å². The van der Waals surface area contributed by atoms with Crippen LogP contribution in [0, 0.1) is 23.7 Å². The van der Waals surface area contributed by atoms with Crippen molar-refractivity contribution in [1.82, 2.24) is 0 Å². The highest BCUT2D eigenvalue weighted by Crippen LogP contribution is 2.57. The van der Waals surface area contributed by atoms with Gasteiger partial charge in [0.25, 0.3) is 0 Å². The zero-order valence-electron chi connectivity index (χ0n) is 54.7. The second kappa shape index (κ2) is 25.1. The molecule has 0 aromatic rings. The van der Waals surface area contributed by atoms with Crippen molar-refractivity contribution >= 4 is 20.3 Å². The van der Waals surface area contributed by atoms with Gasteiger partial charge in [-0.15, -0.1) is 0 Å². The Morgan fingerprint density at radius 1 is 0.670 bits per heavy atom. The maximum absolute atomic E-state index is 14.6. The number of esters is 1. The maximum Gasteiger partial charge on any atom is 0.349 e. The van der Waals surface area contributed by atoms with Crippen LogP contribution in [0.15, 0.2) is 24.3 Å². The molecule has 30 unspecified atom stereocenters. The molecule has 20 heteroatoms. The van der Waals surface area contributed by atoms with E-state index in [1.807, 2.05) is 0 Å². The Morgan fingerprint density at radius 3 is 2.12 bits per heavy atom. The minimum absolute atomic E-state index is 0.00112. The number of rotatable bonds is 10. The molecule has 88 heavy (non-hydrogen) atoms. The van der Waals surface area contributed by atoms with Gasteiger partial charge in [0.05, 0.1) is 123 Å². The largest absolute Gasteiger partial charge is 0.459 e. The molecule has 14 fully saturated rings. The van der Waals surface area contributed by atoms with Gasteiger partial charge in [-0.3, -0.25) is 9.59 Å². The highest BCUT2D eigenvalue weighted by atomic mass is 28.4. The van der Waals surface area contributed by atoms with E-state index in [2.05, 4.69) is 82.4 Å². The third-order valence-corrected chi connectivity index (χ3v) is 28.4. The Morgan fingerprint density at radius 2 is 1.36 bits per heavy atom. The van der Waals surface area contributed by atoms with E-state index < -0.39 is 87.5 Å². The summed E-state index contributed by atoms with van der Waals surface area (Å²) in [4.78, 5) is 28.9. The Kier molecular flexibility index (Phi) is 18.5. The van der Waals surface area contributed by atoms with Crippen molar-refractivity contribution in [2.75, 3.05) is 20.8 Å². The summed E-state index contributed by atoms with van der Waals surface area (Å²) in [5, 5.41) is 11.6. The van der Waals surface area contributed by atoms with Crippen LogP contribution in [0.1, 0.15) is 178 Å². The van der Waals surface area contributed by atoms with Crippen molar-refractivity contribution in [3.8, 4) is 0 Å². The van der Waals surface area contributed by atoms with E-state index in [0.29, 0.717) is 51.6 Å². The van der Waals surface area contributed by atoms with E-state index in [-0.39, 0.29) is 144 Å². The molecule has 19 nitrogen and oxygen atoms in total. The van der Waals surface area contributed by atoms with Gasteiger partial charge in [0.1, 0.15) is 48.5 Å². The third kappa shape index (κ3) is 12.2. The minimum Gasteiger partial charge on any atom is -0.459 e. The molecule has 1 N–H and O–H groups in total. The van der Waals surface area contributed by atoms with Gasteiger partial charge >= 0.3 is 14.5 Å². The van der Waals surface area contributed by atoms with Gasteiger partial charge in [0.15, 0.2) is 5.79 Å². The average Bonchev–Trinajstić information content (AvgIpc) is 1.52. The monoisotopic (exact) mass is 1250 g/mol. The summed E-state index contributed by atoms with van der Waals surface area (Å²) >= 11 is 0. The van der Waals surface area contributed by atoms with Crippen LogP contribution < -0.4 is 0 Å². The fourth-order valence-corrected chi connectivity index (χ4v) is 24.0. The Labute approximate surface area is 523 Å². The smallest absolute Gasteiger partial charge is 0.349 e. The van der Waals surface area contributed by atoms with Crippen molar-refractivity contribution in [3.05, 3.63) is 24.3 Å². The first-order chi connectivity index (χ1) is 41.8. The van der Waals surface area contributed by atoms with Crippen LogP contribution in [0.4, 0.5) is 0 Å². The lowest BCUT2D eigenvalue weighted by molar-refractivity contribution is -0.293. The number of carbonyl (C=O) groups is 2. The van der Waals surface area contributed by atoms with Gasteiger partial charge in [0, 0.05) is 75.2 Å². The number of aliphatic hydroxyl groups is 1. The lowest BCUT2D eigenvalue weighted by atomic mass is 9.79. The predicted molar refractivity (Wildman–Crippen MR) is 322 cm³/mol. The normalized spacial score (nSPS) is 48.6. The van der Waals surface area contributed by atoms with Gasteiger partial charge in [-0.05, 0) is 86.7 Å². The molecule has 0 aromatic heterocycles. The number of ether oxygens (including phenoxy) is 14. The summed E-state index contributed by atoms with van der Waals surface area (Å²) in [5.41, 5.74) is 2.11. The summed E-state index contributed by atoms with van der Waals surface area (Å²) in [7, 11) is 0.528. The highest BCUT2D eigenvalue weighted by molar-refractivity contribution is 6.73. The molecule has 0 amide bonds. The fraction of sp³-hybridized carbons (Fsp3) is 0.912. The lowest BCUT2D eigenvalue weighted by Crippen LogP contribution is -2.68. The summed E-state index contributed by atoms with van der Waals surface area (Å²) in [5.74, 6) is -1.48. The first kappa shape index (κ1) is 64.9. The number of hydrogen-bond acceptors (Lipinski definition) is 19. The Balaban J connectivity index is 0.671. The topological polar surface area (TPSA) is 202 Å². The first-order valence-corrected chi connectivity index (χ1v) is 36.0. The second-order valence-electron chi connectivity index (χ2n) is 31.6. The van der Waals surface area contributed by atoms with E-state index >= 15 is 0 Å². The molecule has 12 bridgehead atoms. The van der Waals surface area contributed by atoms with Crippen LogP contribution in [0.25, 0.3) is 0 Å². The number of methoxy groups -OCH3 is 2. The maximum atomic E-state index is 14.6. The zero-order valence-corrected chi connectivity index (χ0v) is 55.7. The molecule has 14 aliphatic heterocycles. The number of carbonyl (C=O) groups excluding carboxylic acids is 2. The van der Waals surface area contributed by atoms with Gasteiger partial charge in [-0.1, -0.05) is 82.4 Å². The molecule has 0 radical (unpaired) electrons. The quantitative estimate of drug-likeness (QED) is 0.123. The predicted octanol–water partition coefficient (Wildman–Crippen LogP) is 9.02. The number of ketones is 1. The molecule has 30 atom stereocenters. The molecule has 14 saturated heterocycles. The van der Waals surface area contributed by atoms with Crippen LogP contribution in [-0.4, -0.2) is 205 Å². The molecular weight excluding hydrogens is 1150 g/mol. The number of fused-ring (bicyclic) bond motifs is 9. The summed E-state index contributed by atoms with van der Waals surface area (Å²) in [6, 6.07) is 0. The molecule has 0 saturated carbocycles. The second-order valence-corrected chi connectivity index (χ2v) is 36.3. The Bertz CT molecular complexity index is 2520. The zero-order chi connectivity index (χ0) is 62.1. The number of Topliss-reactive ketones (excluding diaryl/α,β-unsaturated/α-hetero) is 1. The molecule has 14 heterocycles. The molecule has 1 spiro atoms. The minimum atomic E-state index is -2.70. The van der Waals surface area contributed by atoms with Crippen LogP contribution in [-0.2, 0) is 84.8 Å². The van der Waals surface area contributed by atoms with Crippen LogP contribution >= 0.6 is 0 Å². The van der Waals surface area contributed by atoms with Crippen LogP contribution in [0.3, 0.4) is 0 Å². The highest BCUT2D eigenvalue weighted by Gasteiger charge is 2.69. The molecule has 496 valence electrons. The van der Waals surface area contributed by atoms with Crippen LogP contribution in [0.2, 0.25) is 10.1 Å². The number of aliphatic hydroxyl groups excluding tert-OH is 1. The van der Waals surface area contributed by atoms with Crippen molar-refractivity contribution in [1.29, 1.82) is 0 Å².